The Kier molecular flexibility index (Phi) is 3.37. The molecule has 2 rings (SSSR count). The molecule has 0 radical (unpaired) electrons. The zero-order valence-electron chi connectivity index (χ0n) is 8.28. The molecule has 0 spiro atoms. The first-order valence-electron chi connectivity index (χ1n) is 5.33. The molecule has 2 aliphatic heterocycles. The monoisotopic (exact) mass is 198 g/mol. The molecule has 0 unspecified atom stereocenters. The summed E-state index contributed by atoms with van der Waals surface area (Å²) in [5.74, 6) is 2.19. The maximum absolute atomic E-state index is 4.00. The zero-order valence-corrected chi connectivity index (χ0v) is 9.18. The van der Waals surface area contributed by atoms with E-state index < -0.39 is 0 Å². The number of rotatable bonds is 3. The lowest BCUT2D eigenvalue weighted by Gasteiger charge is -2.31. The molecule has 13 heavy (non-hydrogen) atoms. The van der Waals surface area contributed by atoms with E-state index in [9.17, 15) is 0 Å². The summed E-state index contributed by atoms with van der Waals surface area (Å²) in [6, 6.07) is 0. The summed E-state index contributed by atoms with van der Waals surface area (Å²) in [6.45, 7) is 9.19. The van der Waals surface area contributed by atoms with E-state index in [4.69, 9.17) is 0 Å². The van der Waals surface area contributed by atoms with Gasteiger partial charge in [-0.2, -0.15) is 0 Å². The van der Waals surface area contributed by atoms with Gasteiger partial charge in [0.25, 0.3) is 0 Å². The fourth-order valence-corrected chi connectivity index (χ4v) is 4.43. The van der Waals surface area contributed by atoms with Crippen molar-refractivity contribution in [2.75, 3.05) is 26.2 Å². The van der Waals surface area contributed by atoms with Gasteiger partial charge in [-0.3, -0.25) is 9.34 Å². The van der Waals surface area contributed by atoms with Gasteiger partial charge in [-0.1, -0.05) is 6.58 Å². The fourth-order valence-electron chi connectivity index (χ4n) is 2.22. The highest BCUT2D eigenvalue weighted by Crippen LogP contribution is 2.48. The number of hydrogen-bond acceptors (Lipinski definition) is 2. The molecule has 0 atom stereocenters. The van der Waals surface area contributed by atoms with Gasteiger partial charge in [0, 0.05) is 26.2 Å². The molecule has 0 aromatic rings. The van der Waals surface area contributed by atoms with E-state index in [-0.39, 0.29) is 8.22 Å². The smallest absolute Gasteiger partial charge is 0.0642 e. The van der Waals surface area contributed by atoms with E-state index in [2.05, 4.69) is 21.7 Å². The van der Waals surface area contributed by atoms with Crippen LogP contribution in [0.2, 0.25) is 0 Å². The minimum atomic E-state index is -0.130. The topological polar surface area (TPSA) is 6.48 Å². The second-order valence-corrected chi connectivity index (χ2v) is 5.96. The predicted octanol–water partition coefficient (Wildman–Crippen LogP) is 2.63. The third-order valence-corrected chi connectivity index (χ3v) is 5.19. The van der Waals surface area contributed by atoms with Crippen LogP contribution in [-0.4, -0.2) is 35.5 Å². The van der Waals surface area contributed by atoms with Crippen LogP contribution in [0.4, 0.5) is 0 Å². The van der Waals surface area contributed by atoms with Gasteiger partial charge in [0.15, 0.2) is 0 Å². The molecule has 74 valence electrons. The molecule has 0 bridgehead atoms. The van der Waals surface area contributed by atoms with Crippen LogP contribution in [0.25, 0.3) is 0 Å². The summed E-state index contributed by atoms with van der Waals surface area (Å²) in [6.07, 6.45) is 5.56. The molecule has 0 N–H and O–H groups in total. The molecule has 2 saturated heterocycles. The second kappa shape index (κ2) is 4.54. The van der Waals surface area contributed by atoms with E-state index in [1.807, 2.05) is 0 Å². The quantitative estimate of drug-likeness (QED) is 0.643. The first-order chi connectivity index (χ1) is 6.42. The van der Waals surface area contributed by atoms with E-state index in [0.717, 1.165) is 0 Å². The van der Waals surface area contributed by atoms with Crippen LogP contribution >= 0.6 is 8.22 Å². The second-order valence-electron chi connectivity index (χ2n) is 3.82. The zero-order chi connectivity index (χ0) is 9.10. The molecular formula is C10H19N2P. The highest BCUT2D eigenvalue weighted by Gasteiger charge is 2.26. The van der Waals surface area contributed by atoms with Gasteiger partial charge in [-0.15, -0.1) is 0 Å². The van der Waals surface area contributed by atoms with Gasteiger partial charge in [0.1, 0.15) is 0 Å². The molecule has 0 amide bonds. The van der Waals surface area contributed by atoms with E-state index in [1.54, 1.807) is 0 Å². The van der Waals surface area contributed by atoms with Crippen molar-refractivity contribution in [2.45, 2.75) is 25.7 Å². The van der Waals surface area contributed by atoms with Gasteiger partial charge in [0.2, 0.25) is 0 Å². The Balaban J connectivity index is 1.94. The standard InChI is InChI=1S/C10H19N2P/c1-2-13(11-7-3-4-8-11)12-9-5-6-10-12/h2H,1,3-10H2. The van der Waals surface area contributed by atoms with Crippen LogP contribution in [0.5, 0.6) is 0 Å². The van der Waals surface area contributed by atoms with Crippen LogP contribution < -0.4 is 0 Å². The van der Waals surface area contributed by atoms with Crippen molar-refractivity contribution >= 4 is 8.22 Å². The van der Waals surface area contributed by atoms with Gasteiger partial charge in [0.05, 0.1) is 8.22 Å². The Labute approximate surface area is 82.5 Å². The number of hydrogen-bond donors (Lipinski definition) is 0. The molecule has 2 nitrogen and oxygen atoms in total. The van der Waals surface area contributed by atoms with Crippen molar-refractivity contribution in [1.82, 2.24) is 9.34 Å². The molecule has 0 aromatic heterocycles. The molecule has 2 aliphatic rings. The lowest BCUT2D eigenvalue weighted by atomic mass is 10.4. The lowest BCUT2D eigenvalue weighted by molar-refractivity contribution is 0.481. The molecule has 2 fully saturated rings. The Bertz CT molecular complexity index is 156. The van der Waals surface area contributed by atoms with E-state index in [1.165, 1.54) is 51.9 Å². The van der Waals surface area contributed by atoms with Crippen molar-refractivity contribution in [3.63, 3.8) is 0 Å². The predicted molar refractivity (Wildman–Crippen MR) is 58.7 cm³/mol. The Morgan fingerprint density at radius 1 is 0.846 bits per heavy atom. The summed E-state index contributed by atoms with van der Waals surface area (Å²) in [5, 5.41) is 0. The minimum Gasteiger partial charge on any atom is -0.267 e. The van der Waals surface area contributed by atoms with Gasteiger partial charge in [-0.25, -0.2) is 0 Å². The fraction of sp³-hybridized carbons (Fsp3) is 0.800. The van der Waals surface area contributed by atoms with Gasteiger partial charge < -0.3 is 0 Å². The van der Waals surface area contributed by atoms with Crippen molar-refractivity contribution in [1.29, 1.82) is 0 Å². The third-order valence-electron chi connectivity index (χ3n) is 2.91. The SMILES string of the molecule is C=CP(N1CCCC1)N1CCCC1. The third kappa shape index (κ3) is 2.12. The molecule has 3 heteroatoms. The molecular weight excluding hydrogens is 179 g/mol. The molecule has 0 saturated carbocycles. The highest BCUT2D eigenvalue weighted by atomic mass is 31.1. The summed E-state index contributed by atoms with van der Waals surface area (Å²) >= 11 is 0. The van der Waals surface area contributed by atoms with Crippen LogP contribution in [-0.2, 0) is 0 Å². The van der Waals surface area contributed by atoms with Crippen molar-refractivity contribution < 1.29 is 0 Å². The Morgan fingerprint density at radius 2 is 1.23 bits per heavy atom. The summed E-state index contributed by atoms with van der Waals surface area (Å²) in [7, 11) is -0.130. The van der Waals surface area contributed by atoms with E-state index >= 15 is 0 Å². The Hall–Kier alpha value is 0.0900. The van der Waals surface area contributed by atoms with Crippen LogP contribution in [0.1, 0.15) is 25.7 Å². The maximum atomic E-state index is 4.00. The molecule has 2 heterocycles. The minimum absolute atomic E-state index is 0.130. The van der Waals surface area contributed by atoms with Gasteiger partial charge >= 0.3 is 0 Å². The van der Waals surface area contributed by atoms with E-state index in [0.29, 0.717) is 0 Å². The average molecular weight is 198 g/mol. The van der Waals surface area contributed by atoms with Crippen LogP contribution in [0, 0.1) is 0 Å². The first-order valence-corrected chi connectivity index (χ1v) is 6.65. The maximum Gasteiger partial charge on any atom is 0.0642 e. The lowest BCUT2D eigenvalue weighted by Crippen LogP contribution is -2.23. The van der Waals surface area contributed by atoms with Crippen molar-refractivity contribution in [3.8, 4) is 0 Å². The summed E-state index contributed by atoms with van der Waals surface area (Å²) < 4.78 is 5.27. The Morgan fingerprint density at radius 3 is 1.54 bits per heavy atom. The summed E-state index contributed by atoms with van der Waals surface area (Å²) in [4.78, 5) is 0. The molecule has 0 aliphatic carbocycles. The average Bonchev–Trinajstić information content (AvgIpc) is 2.76. The van der Waals surface area contributed by atoms with Crippen molar-refractivity contribution in [3.05, 3.63) is 12.4 Å². The first kappa shape index (κ1) is 9.64. The van der Waals surface area contributed by atoms with Crippen molar-refractivity contribution in [2.24, 2.45) is 0 Å². The van der Waals surface area contributed by atoms with Gasteiger partial charge in [-0.05, 0) is 31.5 Å². The molecule has 0 aromatic carbocycles. The normalized spacial score (nSPS) is 25.9. The largest absolute Gasteiger partial charge is 0.267 e. The van der Waals surface area contributed by atoms with Crippen LogP contribution in [0.3, 0.4) is 0 Å². The highest BCUT2D eigenvalue weighted by molar-refractivity contribution is 7.56. The van der Waals surface area contributed by atoms with Crippen LogP contribution in [0.15, 0.2) is 12.4 Å². The summed E-state index contributed by atoms with van der Waals surface area (Å²) in [5.41, 5.74) is 0. The number of nitrogens with zero attached hydrogens (tertiary/aromatic N) is 2.